The molecule has 4 atom stereocenters. The molecule has 0 spiro atoms. The van der Waals surface area contributed by atoms with Crippen molar-refractivity contribution in [2.45, 2.75) is 31.4 Å². The van der Waals surface area contributed by atoms with Gasteiger partial charge in [-0.2, -0.15) is 0 Å². The van der Waals surface area contributed by atoms with Gasteiger partial charge in [0.15, 0.2) is 11.4 Å². The van der Waals surface area contributed by atoms with Gasteiger partial charge in [0.05, 0.1) is 11.6 Å². The van der Waals surface area contributed by atoms with Gasteiger partial charge in [-0.05, 0) is 67.2 Å². The molecule has 0 saturated heterocycles. The molecule has 1 amide bonds. The summed E-state index contributed by atoms with van der Waals surface area (Å²) < 4.78 is 0.776. The van der Waals surface area contributed by atoms with Crippen LogP contribution in [0.5, 0.6) is 5.75 Å². The lowest BCUT2D eigenvalue weighted by Gasteiger charge is -2.53. The van der Waals surface area contributed by atoms with Gasteiger partial charge in [0.25, 0.3) is 5.91 Å². The number of fused-ring (bicyclic) bond motifs is 3. The highest BCUT2D eigenvalue weighted by Gasteiger charge is 2.66. The lowest BCUT2D eigenvalue weighted by atomic mass is 9.52. The van der Waals surface area contributed by atoms with Gasteiger partial charge in [-0.15, -0.1) is 0 Å². The standard InChI is InChI=1S/C22H23IN2O7/c1-21-6-8-10(23)4-5-11(26)12(8)16(27)14(21)19(30)22(32)9(7-21)15(25(2)3)17(28)13(18(22)29)20(24)31/h4-5,9,15,26-27,29,32H,6-7H2,1-3H3,(H2,24,31)/t9-,15-,21-,22+/m0/s1. The summed E-state index contributed by atoms with van der Waals surface area (Å²) in [5.74, 6) is -5.96. The normalized spacial score (nSPS) is 32.1. The number of aliphatic hydroxyl groups excluding tert-OH is 2. The van der Waals surface area contributed by atoms with E-state index in [-0.39, 0.29) is 29.7 Å². The third-order valence-corrected chi connectivity index (χ3v) is 7.97. The fraction of sp³-hybridized carbons (Fsp3) is 0.409. The molecule has 1 aromatic carbocycles. The van der Waals surface area contributed by atoms with E-state index in [4.69, 9.17) is 5.73 Å². The molecule has 3 aliphatic carbocycles. The quantitative estimate of drug-likeness (QED) is 0.267. The first-order valence-electron chi connectivity index (χ1n) is 9.93. The maximum Gasteiger partial charge on any atom is 0.255 e. The smallest absolute Gasteiger partial charge is 0.255 e. The highest BCUT2D eigenvalue weighted by Crippen LogP contribution is 2.58. The van der Waals surface area contributed by atoms with E-state index in [1.54, 1.807) is 27.1 Å². The topological polar surface area (TPSA) is 161 Å². The number of hydrogen-bond donors (Lipinski definition) is 5. The van der Waals surface area contributed by atoms with E-state index in [0.29, 0.717) is 5.56 Å². The number of rotatable bonds is 2. The van der Waals surface area contributed by atoms with Crippen LogP contribution in [0.2, 0.25) is 0 Å². The molecule has 0 heterocycles. The summed E-state index contributed by atoms with van der Waals surface area (Å²) in [5.41, 5.74) is 1.42. The number of aliphatic hydroxyl groups is 3. The number of amides is 1. The van der Waals surface area contributed by atoms with Crippen LogP contribution in [0.15, 0.2) is 29.0 Å². The zero-order valence-corrected chi connectivity index (χ0v) is 19.8. The number of phenols is 1. The molecular weight excluding hydrogens is 531 g/mol. The number of carbonyl (C=O) groups excluding carboxylic acids is 3. The average Bonchev–Trinajstić information content (AvgIpc) is 2.67. The zero-order valence-electron chi connectivity index (χ0n) is 17.6. The predicted molar refractivity (Wildman–Crippen MR) is 122 cm³/mol. The molecule has 1 saturated carbocycles. The number of phenolic OH excluding ortho intramolecular Hbond substituents is 1. The van der Waals surface area contributed by atoms with Crippen molar-refractivity contribution in [2.24, 2.45) is 17.1 Å². The first kappa shape index (κ1) is 22.7. The Balaban J connectivity index is 2.05. The van der Waals surface area contributed by atoms with Crippen molar-refractivity contribution in [3.63, 3.8) is 0 Å². The number of primary amides is 1. The molecule has 1 aromatic rings. The van der Waals surface area contributed by atoms with Crippen LogP contribution in [0.3, 0.4) is 0 Å². The molecule has 6 N–H and O–H groups in total. The number of ketones is 2. The van der Waals surface area contributed by atoms with E-state index in [2.05, 4.69) is 22.6 Å². The molecule has 170 valence electrons. The minimum Gasteiger partial charge on any atom is -0.508 e. The van der Waals surface area contributed by atoms with Gasteiger partial charge in [0, 0.05) is 20.5 Å². The monoisotopic (exact) mass is 554 g/mol. The van der Waals surface area contributed by atoms with Gasteiger partial charge >= 0.3 is 0 Å². The van der Waals surface area contributed by atoms with Crippen molar-refractivity contribution in [3.05, 3.63) is 43.7 Å². The fourth-order valence-electron chi connectivity index (χ4n) is 5.58. The highest BCUT2D eigenvalue weighted by molar-refractivity contribution is 14.1. The predicted octanol–water partition coefficient (Wildman–Crippen LogP) is 0.959. The summed E-state index contributed by atoms with van der Waals surface area (Å²) in [6, 6.07) is 1.99. The second kappa shape index (κ2) is 7.03. The molecule has 10 heteroatoms. The van der Waals surface area contributed by atoms with E-state index >= 15 is 0 Å². The van der Waals surface area contributed by atoms with Crippen LogP contribution in [0.1, 0.15) is 24.5 Å². The van der Waals surface area contributed by atoms with Crippen LogP contribution >= 0.6 is 22.6 Å². The summed E-state index contributed by atoms with van der Waals surface area (Å²) >= 11 is 2.08. The van der Waals surface area contributed by atoms with Crippen LogP contribution in [0, 0.1) is 14.9 Å². The van der Waals surface area contributed by atoms with Crippen molar-refractivity contribution < 1.29 is 34.8 Å². The average molecular weight is 554 g/mol. The van der Waals surface area contributed by atoms with E-state index in [0.717, 1.165) is 3.57 Å². The number of nitrogens with two attached hydrogens (primary N) is 1. The van der Waals surface area contributed by atoms with Crippen molar-refractivity contribution >= 4 is 45.8 Å². The van der Waals surface area contributed by atoms with Gasteiger partial charge in [-0.3, -0.25) is 19.3 Å². The molecule has 4 rings (SSSR count). The molecular formula is C22H23IN2O7. The molecule has 0 radical (unpaired) electrons. The molecule has 0 aromatic heterocycles. The highest BCUT2D eigenvalue weighted by atomic mass is 127. The van der Waals surface area contributed by atoms with Crippen molar-refractivity contribution in [1.82, 2.24) is 4.90 Å². The minimum absolute atomic E-state index is 0.0461. The first-order valence-corrected chi connectivity index (χ1v) is 11.0. The Morgan fingerprint density at radius 1 is 1.22 bits per heavy atom. The zero-order chi connectivity index (χ0) is 23.9. The number of carbonyl (C=O) groups is 3. The van der Waals surface area contributed by atoms with Gasteiger partial charge in [-0.1, -0.05) is 6.92 Å². The number of halogens is 1. The van der Waals surface area contributed by atoms with Crippen LogP contribution in [0.4, 0.5) is 0 Å². The molecule has 0 aliphatic heterocycles. The Morgan fingerprint density at radius 3 is 2.41 bits per heavy atom. The summed E-state index contributed by atoms with van der Waals surface area (Å²) in [6.45, 7) is 1.74. The van der Waals surface area contributed by atoms with Crippen LogP contribution in [0.25, 0.3) is 5.76 Å². The van der Waals surface area contributed by atoms with E-state index < -0.39 is 57.5 Å². The van der Waals surface area contributed by atoms with E-state index in [1.807, 2.05) is 0 Å². The van der Waals surface area contributed by atoms with Gasteiger partial charge in [-0.25, -0.2) is 0 Å². The number of benzene rings is 1. The third kappa shape index (κ3) is 2.72. The van der Waals surface area contributed by atoms with Crippen molar-refractivity contribution in [3.8, 4) is 5.75 Å². The third-order valence-electron chi connectivity index (χ3n) is 6.95. The molecule has 3 aliphatic rings. The molecule has 0 bridgehead atoms. The van der Waals surface area contributed by atoms with Crippen molar-refractivity contribution in [2.75, 3.05) is 14.1 Å². The molecule has 32 heavy (non-hydrogen) atoms. The maximum absolute atomic E-state index is 13.8. The Hall–Kier alpha value is -2.44. The maximum atomic E-state index is 13.8. The number of Topliss-reactive ketones (excluding diaryl/α,β-unsaturated/α-hetero) is 2. The molecule has 9 nitrogen and oxygen atoms in total. The summed E-state index contributed by atoms with van der Waals surface area (Å²) in [7, 11) is 3.13. The SMILES string of the molecule is CN(C)[C@@H]1C(=O)C(C(N)=O)=C(O)[C@@]2(O)C(=O)C3=C(O)c4c(O)ccc(I)c4C[C@@]3(C)C[C@@H]12. The summed E-state index contributed by atoms with van der Waals surface area (Å²) in [6.07, 6.45) is 0.304. The van der Waals surface area contributed by atoms with Gasteiger partial charge < -0.3 is 26.2 Å². The Morgan fingerprint density at radius 2 is 1.84 bits per heavy atom. The number of nitrogens with zero attached hydrogens (tertiary/aromatic N) is 1. The van der Waals surface area contributed by atoms with E-state index in [1.165, 1.54) is 11.0 Å². The van der Waals surface area contributed by atoms with Crippen LogP contribution in [-0.2, 0) is 20.8 Å². The van der Waals surface area contributed by atoms with Crippen molar-refractivity contribution in [1.29, 1.82) is 0 Å². The fourth-order valence-corrected chi connectivity index (χ4v) is 6.22. The largest absolute Gasteiger partial charge is 0.508 e. The molecule has 1 fully saturated rings. The van der Waals surface area contributed by atoms with Crippen LogP contribution in [-0.4, -0.2) is 68.5 Å². The summed E-state index contributed by atoms with van der Waals surface area (Å²) in [4.78, 5) is 40.3. The van der Waals surface area contributed by atoms with Gasteiger partial charge in [0.2, 0.25) is 5.78 Å². The second-order valence-corrected chi connectivity index (χ2v) is 10.3. The lowest BCUT2D eigenvalue weighted by molar-refractivity contribution is -0.156. The first-order chi connectivity index (χ1) is 14.8. The van der Waals surface area contributed by atoms with E-state index in [9.17, 15) is 34.8 Å². The second-order valence-electron chi connectivity index (χ2n) is 9.15. The number of aromatic hydroxyl groups is 1. The number of hydrogen-bond acceptors (Lipinski definition) is 8. The van der Waals surface area contributed by atoms with Crippen LogP contribution < -0.4 is 5.73 Å². The van der Waals surface area contributed by atoms with Gasteiger partial charge in [0.1, 0.15) is 22.8 Å². The lowest BCUT2D eigenvalue weighted by Crippen LogP contribution is -2.67. The Bertz CT molecular complexity index is 1170. The molecule has 0 unspecified atom stereocenters. The summed E-state index contributed by atoms with van der Waals surface area (Å²) in [5, 5.41) is 43.9. The Labute approximate surface area is 197 Å². The Kier molecular flexibility index (Phi) is 4.99. The minimum atomic E-state index is -2.63. The number of likely N-dealkylation sites (N-methyl/N-ethyl adjacent to an activating group) is 1.